The lowest BCUT2D eigenvalue weighted by Gasteiger charge is -2.08. The lowest BCUT2D eigenvalue weighted by molar-refractivity contribution is -0.115. The van der Waals surface area contributed by atoms with Gasteiger partial charge in [-0.1, -0.05) is 35.3 Å². The van der Waals surface area contributed by atoms with E-state index in [-0.39, 0.29) is 11.7 Å². The number of carbonyl (C=O) groups excluding carboxylic acids is 1. The number of anilines is 1. The molecule has 2 aromatic carbocycles. The number of carbonyl (C=O) groups is 1. The van der Waals surface area contributed by atoms with E-state index in [2.05, 4.69) is 5.32 Å². The maximum atomic E-state index is 12.1. The zero-order chi connectivity index (χ0) is 15.2. The smallest absolute Gasteiger partial charge is 0.290 e. The first-order valence-electron chi connectivity index (χ1n) is 6.16. The summed E-state index contributed by atoms with van der Waals surface area (Å²) in [7, 11) is 1.45. The lowest BCUT2D eigenvalue weighted by Crippen LogP contribution is -2.15. The highest BCUT2D eigenvalue weighted by molar-refractivity contribution is 6.30. The quantitative estimate of drug-likeness (QED) is 0.659. The number of halogens is 2. The van der Waals surface area contributed by atoms with Crippen LogP contribution in [0, 0.1) is 0 Å². The Balaban J connectivity index is 2.14. The van der Waals surface area contributed by atoms with Crippen molar-refractivity contribution in [3.05, 3.63) is 69.9 Å². The molecule has 0 radical (unpaired) electrons. The average Bonchev–Trinajstić information content (AvgIpc) is 2.49. The molecule has 0 aliphatic heterocycles. The normalized spacial score (nSPS) is 11.1. The molecule has 0 fully saturated rings. The molecule has 0 heterocycles. The van der Waals surface area contributed by atoms with E-state index < -0.39 is 0 Å². The molecule has 108 valence electrons. The third-order valence-electron chi connectivity index (χ3n) is 2.71. The van der Waals surface area contributed by atoms with Crippen molar-refractivity contribution < 1.29 is 9.53 Å². The number of nitrogens with one attached hydrogen (secondary N) is 1. The van der Waals surface area contributed by atoms with Gasteiger partial charge in [0.2, 0.25) is 0 Å². The minimum Gasteiger partial charge on any atom is -0.491 e. The van der Waals surface area contributed by atoms with Crippen molar-refractivity contribution in [2.24, 2.45) is 0 Å². The molecule has 1 amide bonds. The van der Waals surface area contributed by atoms with Crippen molar-refractivity contribution in [3.63, 3.8) is 0 Å². The van der Waals surface area contributed by atoms with E-state index in [0.29, 0.717) is 15.7 Å². The Kier molecular flexibility index (Phi) is 5.26. The Bertz CT molecular complexity index is 649. The number of hydrogen-bond acceptors (Lipinski definition) is 2. The van der Waals surface area contributed by atoms with Crippen molar-refractivity contribution in [2.45, 2.75) is 0 Å². The van der Waals surface area contributed by atoms with Gasteiger partial charge in [-0.15, -0.1) is 0 Å². The number of hydrogen-bond donors (Lipinski definition) is 1. The second kappa shape index (κ2) is 7.16. The number of ether oxygens (including phenoxy) is 1. The van der Waals surface area contributed by atoms with Crippen LogP contribution in [0.3, 0.4) is 0 Å². The summed E-state index contributed by atoms with van der Waals surface area (Å²) in [4.78, 5) is 12.1. The summed E-state index contributed by atoms with van der Waals surface area (Å²) in [5.74, 6) is -0.137. The molecule has 0 bridgehead atoms. The molecule has 1 N–H and O–H groups in total. The zero-order valence-electron chi connectivity index (χ0n) is 11.3. The van der Waals surface area contributed by atoms with Crippen LogP contribution in [0.5, 0.6) is 0 Å². The van der Waals surface area contributed by atoms with Crippen LogP contribution in [-0.4, -0.2) is 13.0 Å². The molecule has 0 aliphatic carbocycles. The van der Waals surface area contributed by atoms with Crippen molar-refractivity contribution in [3.8, 4) is 0 Å². The fourth-order valence-corrected chi connectivity index (χ4v) is 1.91. The van der Waals surface area contributed by atoms with E-state index in [9.17, 15) is 4.79 Å². The van der Waals surface area contributed by atoms with Gasteiger partial charge >= 0.3 is 0 Å². The Morgan fingerprint density at radius 1 is 1.00 bits per heavy atom. The van der Waals surface area contributed by atoms with Gasteiger partial charge in [0.1, 0.15) is 0 Å². The molecule has 0 saturated heterocycles. The first-order valence-corrected chi connectivity index (χ1v) is 6.92. The van der Waals surface area contributed by atoms with Crippen LogP contribution in [0.4, 0.5) is 5.69 Å². The second-order valence-electron chi connectivity index (χ2n) is 4.23. The largest absolute Gasteiger partial charge is 0.491 e. The van der Waals surface area contributed by atoms with Crippen LogP contribution in [0.1, 0.15) is 5.56 Å². The van der Waals surface area contributed by atoms with Crippen LogP contribution in [0.25, 0.3) is 6.08 Å². The van der Waals surface area contributed by atoms with E-state index >= 15 is 0 Å². The van der Waals surface area contributed by atoms with Crippen LogP contribution >= 0.6 is 23.2 Å². The summed E-state index contributed by atoms with van der Waals surface area (Å²) in [6.45, 7) is 0. The summed E-state index contributed by atoms with van der Waals surface area (Å²) in [6, 6.07) is 13.9. The standard InChI is InChI=1S/C16H13Cl2NO2/c1-21-15(10-11-2-4-12(17)5-3-11)16(20)19-14-8-6-13(18)7-9-14/h2-10H,1H3,(H,19,20)/b15-10-. The van der Waals surface area contributed by atoms with Gasteiger partial charge in [-0.05, 0) is 48.0 Å². The van der Waals surface area contributed by atoms with E-state index in [1.165, 1.54) is 7.11 Å². The highest BCUT2D eigenvalue weighted by Gasteiger charge is 2.10. The van der Waals surface area contributed by atoms with Gasteiger partial charge in [-0.25, -0.2) is 0 Å². The van der Waals surface area contributed by atoms with Gasteiger partial charge < -0.3 is 10.1 Å². The molecule has 0 atom stereocenters. The van der Waals surface area contributed by atoms with Crippen molar-refractivity contribution in [2.75, 3.05) is 12.4 Å². The third-order valence-corrected chi connectivity index (χ3v) is 3.22. The topological polar surface area (TPSA) is 38.3 Å². The fourth-order valence-electron chi connectivity index (χ4n) is 1.65. The number of benzene rings is 2. The highest BCUT2D eigenvalue weighted by atomic mass is 35.5. The predicted molar refractivity (Wildman–Crippen MR) is 86.5 cm³/mol. The summed E-state index contributed by atoms with van der Waals surface area (Å²) in [6.07, 6.45) is 1.64. The molecule has 21 heavy (non-hydrogen) atoms. The molecule has 0 aromatic heterocycles. The summed E-state index contributed by atoms with van der Waals surface area (Å²) < 4.78 is 5.13. The molecular formula is C16H13Cl2NO2. The van der Waals surface area contributed by atoms with Crippen LogP contribution in [-0.2, 0) is 9.53 Å². The monoisotopic (exact) mass is 321 g/mol. The SMILES string of the molecule is CO/C(=C\c1ccc(Cl)cc1)C(=O)Nc1ccc(Cl)cc1. The van der Waals surface area contributed by atoms with Gasteiger partial charge in [0.15, 0.2) is 5.76 Å². The van der Waals surface area contributed by atoms with Crippen molar-refractivity contribution in [1.29, 1.82) is 0 Å². The molecule has 5 heteroatoms. The number of amides is 1. The van der Waals surface area contributed by atoms with Gasteiger partial charge in [-0.3, -0.25) is 4.79 Å². The van der Waals surface area contributed by atoms with Gasteiger partial charge in [-0.2, -0.15) is 0 Å². The maximum Gasteiger partial charge on any atom is 0.290 e. The van der Waals surface area contributed by atoms with Gasteiger partial charge in [0.25, 0.3) is 5.91 Å². The Labute approximate surface area is 133 Å². The van der Waals surface area contributed by atoms with Gasteiger partial charge in [0.05, 0.1) is 7.11 Å². The minimum atomic E-state index is -0.338. The summed E-state index contributed by atoms with van der Waals surface area (Å²) in [5, 5.41) is 3.98. The second-order valence-corrected chi connectivity index (χ2v) is 5.10. The lowest BCUT2D eigenvalue weighted by atomic mass is 10.2. The summed E-state index contributed by atoms with van der Waals surface area (Å²) >= 11 is 11.6. The fraction of sp³-hybridized carbons (Fsp3) is 0.0625. The molecule has 0 saturated carbocycles. The molecule has 3 nitrogen and oxygen atoms in total. The molecule has 0 spiro atoms. The maximum absolute atomic E-state index is 12.1. The Morgan fingerprint density at radius 2 is 1.52 bits per heavy atom. The van der Waals surface area contributed by atoms with Gasteiger partial charge in [0, 0.05) is 15.7 Å². The van der Waals surface area contributed by atoms with Crippen molar-refractivity contribution >= 4 is 40.9 Å². The minimum absolute atomic E-state index is 0.201. The van der Waals surface area contributed by atoms with E-state index in [1.54, 1.807) is 54.6 Å². The van der Waals surface area contributed by atoms with Crippen molar-refractivity contribution in [1.82, 2.24) is 0 Å². The molecule has 2 rings (SSSR count). The average molecular weight is 322 g/mol. The van der Waals surface area contributed by atoms with Crippen LogP contribution < -0.4 is 5.32 Å². The highest BCUT2D eigenvalue weighted by Crippen LogP contribution is 2.16. The van der Waals surface area contributed by atoms with Crippen LogP contribution in [0.2, 0.25) is 10.0 Å². The molecule has 0 unspecified atom stereocenters. The van der Waals surface area contributed by atoms with Crippen LogP contribution in [0.15, 0.2) is 54.3 Å². The zero-order valence-corrected chi connectivity index (χ0v) is 12.8. The molecular weight excluding hydrogens is 309 g/mol. The number of methoxy groups -OCH3 is 1. The van der Waals surface area contributed by atoms with E-state index in [4.69, 9.17) is 27.9 Å². The van der Waals surface area contributed by atoms with E-state index in [1.807, 2.05) is 0 Å². The molecule has 2 aromatic rings. The first kappa shape index (κ1) is 15.4. The molecule has 0 aliphatic rings. The number of rotatable bonds is 4. The first-order chi connectivity index (χ1) is 10.1. The third kappa shape index (κ3) is 4.52. The van der Waals surface area contributed by atoms with E-state index in [0.717, 1.165) is 5.56 Å². The Hall–Kier alpha value is -1.97. The Morgan fingerprint density at radius 3 is 2.05 bits per heavy atom. The predicted octanol–water partition coefficient (Wildman–Crippen LogP) is 4.62. The summed E-state index contributed by atoms with van der Waals surface area (Å²) in [5.41, 5.74) is 1.46.